The molecule has 182 valence electrons. The van der Waals surface area contributed by atoms with Crippen molar-refractivity contribution in [1.29, 1.82) is 0 Å². The van der Waals surface area contributed by atoms with E-state index in [9.17, 15) is 13.6 Å². The van der Waals surface area contributed by atoms with Gasteiger partial charge in [0.15, 0.2) is 11.1 Å². The van der Waals surface area contributed by atoms with Crippen LogP contribution in [0.4, 0.5) is 0 Å². The van der Waals surface area contributed by atoms with Gasteiger partial charge in [-0.25, -0.2) is 4.21 Å². The summed E-state index contributed by atoms with van der Waals surface area (Å²) in [5, 5.41) is 0.969. The lowest BCUT2D eigenvalue weighted by atomic mass is 9.97. The smallest absolute Gasteiger partial charge is 0.310 e. The monoisotopic (exact) mass is 492 g/mol. The minimum atomic E-state index is -1.99. The van der Waals surface area contributed by atoms with Gasteiger partial charge in [0.25, 0.3) is 0 Å². The third-order valence-corrected chi connectivity index (χ3v) is 6.18. The minimum Gasteiger partial charge on any atom is -0.489 e. The van der Waals surface area contributed by atoms with Crippen LogP contribution in [0.15, 0.2) is 72.9 Å². The molecule has 0 fully saturated rings. The number of fused-ring (bicyclic) bond motifs is 1. The van der Waals surface area contributed by atoms with Crippen LogP contribution in [0.25, 0.3) is 22.0 Å². The highest BCUT2D eigenvalue weighted by Gasteiger charge is 2.14. The molecule has 1 atom stereocenters. The van der Waals surface area contributed by atoms with Crippen molar-refractivity contribution >= 4 is 28.0 Å². The lowest BCUT2D eigenvalue weighted by Crippen LogP contribution is -2.09. The zero-order valence-electron chi connectivity index (χ0n) is 19.5. The van der Waals surface area contributed by atoms with E-state index in [1.54, 1.807) is 11.5 Å². The summed E-state index contributed by atoms with van der Waals surface area (Å²) < 4.78 is 34.0. The van der Waals surface area contributed by atoms with Crippen molar-refractivity contribution in [2.24, 2.45) is 5.73 Å². The maximum atomic E-state index is 12.0. The Morgan fingerprint density at radius 1 is 1.06 bits per heavy atom. The van der Waals surface area contributed by atoms with Gasteiger partial charge >= 0.3 is 5.97 Å². The molecule has 1 aromatic heterocycles. The zero-order chi connectivity index (χ0) is 24.8. The number of nitrogens with zero attached hydrogens (tertiary/aromatic N) is 1. The van der Waals surface area contributed by atoms with Crippen LogP contribution in [0.3, 0.4) is 0 Å². The predicted octanol–water partition coefficient (Wildman–Crippen LogP) is 4.63. The Kier molecular flexibility index (Phi) is 7.97. The first kappa shape index (κ1) is 24.7. The molecule has 4 rings (SSSR count). The first-order valence-electron chi connectivity index (χ1n) is 11.3. The number of hydrogen-bond donors (Lipinski definition) is 2. The van der Waals surface area contributed by atoms with Gasteiger partial charge in [0.2, 0.25) is 0 Å². The number of esters is 1. The van der Waals surface area contributed by atoms with Crippen molar-refractivity contribution in [2.75, 3.05) is 6.61 Å². The van der Waals surface area contributed by atoms with Crippen molar-refractivity contribution in [2.45, 2.75) is 32.4 Å². The number of carbonyl (C=O) groups excluding carboxylic acids is 1. The summed E-state index contributed by atoms with van der Waals surface area (Å²) in [5.41, 5.74) is 11.3. The fourth-order valence-electron chi connectivity index (χ4n) is 4.09. The van der Waals surface area contributed by atoms with E-state index < -0.39 is 11.1 Å². The Labute approximate surface area is 206 Å². The molecule has 3 N–H and O–H groups in total. The van der Waals surface area contributed by atoms with E-state index in [-0.39, 0.29) is 24.9 Å². The lowest BCUT2D eigenvalue weighted by molar-refractivity contribution is -0.142. The average molecular weight is 493 g/mol. The average Bonchev–Trinajstić information content (AvgIpc) is 3.25. The predicted molar refractivity (Wildman–Crippen MR) is 137 cm³/mol. The molecule has 4 aromatic rings. The highest BCUT2D eigenvalue weighted by Crippen LogP contribution is 2.32. The standard InChI is InChI=1S/C27H28N2O5S/c1-2-33-27(30)15-22-7-3-4-9-26(22)34-17-20-13-24(21-8-5-6-19(12-21)16-28)23-10-11-29(18-35(31)32)25(23)14-20/h3-14H,2,15-18,28H2,1H3,(H,31,32). The van der Waals surface area contributed by atoms with Gasteiger partial charge in [-0.05, 0) is 59.5 Å². The third-order valence-electron chi connectivity index (χ3n) is 5.68. The third kappa shape index (κ3) is 5.97. The highest BCUT2D eigenvalue weighted by atomic mass is 32.2. The molecule has 1 heterocycles. The fraction of sp³-hybridized carbons (Fsp3) is 0.222. The molecule has 35 heavy (non-hydrogen) atoms. The van der Waals surface area contributed by atoms with Gasteiger partial charge in [0.1, 0.15) is 18.2 Å². The fourth-order valence-corrected chi connectivity index (χ4v) is 4.56. The van der Waals surface area contributed by atoms with Crippen molar-refractivity contribution in [1.82, 2.24) is 4.57 Å². The van der Waals surface area contributed by atoms with E-state index >= 15 is 0 Å². The number of rotatable bonds is 10. The SMILES string of the molecule is CCOC(=O)Cc1ccccc1OCc1cc(-c2cccc(CN)c2)c2ccn(CS(=O)O)c2c1. The second-order valence-electron chi connectivity index (χ2n) is 8.09. The topological polar surface area (TPSA) is 104 Å². The second-order valence-corrected chi connectivity index (χ2v) is 9.00. The number of hydrogen-bond acceptors (Lipinski definition) is 5. The molecular weight excluding hydrogens is 464 g/mol. The molecule has 0 amide bonds. The second kappa shape index (κ2) is 11.3. The van der Waals surface area contributed by atoms with Gasteiger partial charge < -0.3 is 24.3 Å². The Morgan fingerprint density at radius 2 is 1.89 bits per heavy atom. The van der Waals surface area contributed by atoms with Gasteiger partial charge in [-0.3, -0.25) is 4.79 Å². The number of nitrogens with two attached hydrogens (primary N) is 1. The number of benzene rings is 3. The van der Waals surface area contributed by atoms with Gasteiger partial charge in [-0.2, -0.15) is 0 Å². The van der Waals surface area contributed by atoms with Crippen molar-refractivity contribution in [3.8, 4) is 16.9 Å². The van der Waals surface area contributed by atoms with Crippen LogP contribution in [0.5, 0.6) is 5.75 Å². The minimum absolute atomic E-state index is 0.0293. The van der Waals surface area contributed by atoms with Crippen LogP contribution in [0.2, 0.25) is 0 Å². The first-order valence-corrected chi connectivity index (χ1v) is 12.6. The van der Waals surface area contributed by atoms with E-state index in [2.05, 4.69) is 12.1 Å². The Balaban J connectivity index is 1.70. The Morgan fingerprint density at radius 3 is 2.66 bits per heavy atom. The van der Waals surface area contributed by atoms with E-state index in [1.807, 2.05) is 60.8 Å². The quantitative estimate of drug-likeness (QED) is 0.247. The molecule has 1 unspecified atom stereocenters. The van der Waals surface area contributed by atoms with Crippen molar-refractivity contribution < 1.29 is 23.0 Å². The molecule has 0 aliphatic rings. The van der Waals surface area contributed by atoms with Crippen molar-refractivity contribution in [3.63, 3.8) is 0 Å². The van der Waals surface area contributed by atoms with Gasteiger partial charge in [-0.15, -0.1) is 0 Å². The van der Waals surface area contributed by atoms with E-state index in [1.165, 1.54) is 0 Å². The Hall–Kier alpha value is -3.46. The van der Waals surface area contributed by atoms with Crippen LogP contribution in [0, 0.1) is 0 Å². The molecule has 0 saturated heterocycles. The lowest BCUT2D eigenvalue weighted by Gasteiger charge is -2.14. The number of ether oxygens (including phenoxy) is 2. The molecule has 0 spiro atoms. The summed E-state index contributed by atoms with van der Waals surface area (Å²) in [4.78, 5) is 12.0. The molecule has 0 aliphatic carbocycles. The van der Waals surface area contributed by atoms with Crippen molar-refractivity contribution in [3.05, 3.63) is 89.6 Å². The van der Waals surface area contributed by atoms with E-state index in [0.717, 1.165) is 38.7 Å². The van der Waals surface area contributed by atoms with Crippen LogP contribution in [-0.2, 0) is 46.1 Å². The molecule has 7 nitrogen and oxygen atoms in total. The summed E-state index contributed by atoms with van der Waals surface area (Å²) >= 11 is -1.99. The summed E-state index contributed by atoms with van der Waals surface area (Å²) in [6.07, 6.45) is 1.94. The van der Waals surface area contributed by atoms with E-state index in [4.69, 9.17) is 15.2 Å². The molecular formula is C27H28N2O5S. The number of carbonyl (C=O) groups is 1. The summed E-state index contributed by atoms with van der Waals surface area (Å²) in [7, 11) is 0. The number of para-hydroxylation sites is 1. The van der Waals surface area contributed by atoms with Crippen LogP contribution >= 0.6 is 0 Å². The van der Waals surface area contributed by atoms with Gasteiger partial charge in [0, 0.05) is 29.2 Å². The maximum Gasteiger partial charge on any atom is 0.310 e. The zero-order valence-corrected chi connectivity index (χ0v) is 20.3. The molecule has 8 heteroatoms. The molecule has 3 aromatic carbocycles. The van der Waals surface area contributed by atoms with Crippen LogP contribution in [-0.4, -0.2) is 25.9 Å². The Bertz CT molecular complexity index is 1360. The van der Waals surface area contributed by atoms with Gasteiger partial charge in [0.05, 0.1) is 13.0 Å². The molecule has 0 saturated carbocycles. The largest absolute Gasteiger partial charge is 0.489 e. The molecule has 0 bridgehead atoms. The maximum absolute atomic E-state index is 12.0. The normalized spacial score (nSPS) is 12.0. The molecule has 0 radical (unpaired) electrons. The molecule has 0 aliphatic heterocycles. The summed E-state index contributed by atoms with van der Waals surface area (Å²) in [6, 6.07) is 21.4. The highest BCUT2D eigenvalue weighted by molar-refractivity contribution is 7.78. The van der Waals surface area contributed by atoms with Crippen LogP contribution < -0.4 is 10.5 Å². The van der Waals surface area contributed by atoms with Crippen LogP contribution in [0.1, 0.15) is 23.6 Å². The summed E-state index contributed by atoms with van der Waals surface area (Å²) in [5.74, 6) is 0.277. The first-order chi connectivity index (χ1) is 17.0. The van der Waals surface area contributed by atoms with E-state index in [0.29, 0.717) is 18.9 Å². The summed E-state index contributed by atoms with van der Waals surface area (Å²) in [6.45, 7) is 2.79. The van der Waals surface area contributed by atoms with Gasteiger partial charge in [-0.1, -0.05) is 36.4 Å². The number of aromatic nitrogens is 1.